The minimum Gasteiger partial charge on any atom is -0.494 e. The van der Waals surface area contributed by atoms with E-state index in [0.717, 1.165) is 28.6 Å². The highest BCUT2D eigenvalue weighted by Gasteiger charge is 2.60. The number of aromatic nitrogens is 1. The highest BCUT2D eigenvalue weighted by atomic mass is 16.7. The zero-order valence-corrected chi connectivity index (χ0v) is 20.2. The summed E-state index contributed by atoms with van der Waals surface area (Å²) in [5.41, 5.74) is 3.33. The highest BCUT2D eigenvalue weighted by molar-refractivity contribution is 6.24. The van der Waals surface area contributed by atoms with Crippen LogP contribution in [0.5, 0.6) is 5.75 Å². The van der Waals surface area contributed by atoms with Crippen molar-refractivity contribution in [1.29, 1.82) is 0 Å². The largest absolute Gasteiger partial charge is 0.494 e. The molecular weight excluding hydrogens is 454 g/mol. The van der Waals surface area contributed by atoms with Crippen LogP contribution in [0.25, 0.3) is 10.9 Å². The second kappa shape index (κ2) is 8.84. The molecule has 182 valence electrons. The van der Waals surface area contributed by atoms with E-state index in [-0.39, 0.29) is 11.8 Å². The van der Waals surface area contributed by atoms with Gasteiger partial charge in [-0.2, -0.15) is 0 Å². The van der Waals surface area contributed by atoms with Gasteiger partial charge in [-0.3, -0.25) is 14.4 Å². The van der Waals surface area contributed by atoms with Gasteiger partial charge in [0.05, 0.1) is 24.0 Å². The zero-order valence-electron chi connectivity index (χ0n) is 20.2. The summed E-state index contributed by atoms with van der Waals surface area (Å²) in [7, 11) is 1.99. The van der Waals surface area contributed by atoms with E-state index >= 15 is 0 Å². The molecule has 3 heterocycles. The zero-order chi connectivity index (χ0) is 24.8. The molecule has 2 amide bonds. The van der Waals surface area contributed by atoms with E-state index in [0.29, 0.717) is 18.0 Å². The third-order valence-electron chi connectivity index (χ3n) is 6.94. The van der Waals surface area contributed by atoms with Crippen LogP contribution in [0.4, 0.5) is 11.4 Å². The molecule has 3 aromatic carbocycles. The summed E-state index contributed by atoms with van der Waals surface area (Å²) in [6.45, 7) is 2.65. The van der Waals surface area contributed by atoms with Crippen LogP contribution >= 0.6 is 0 Å². The fourth-order valence-corrected chi connectivity index (χ4v) is 5.30. The topological polar surface area (TPSA) is 64.0 Å². The number of imide groups is 1. The smallest absolute Gasteiger partial charge is 0.266 e. The first-order valence-corrected chi connectivity index (χ1v) is 12.2. The van der Waals surface area contributed by atoms with E-state index in [1.54, 1.807) is 29.3 Å². The molecule has 2 saturated heterocycles. The molecule has 2 aliphatic heterocycles. The van der Waals surface area contributed by atoms with Crippen LogP contribution in [-0.4, -0.2) is 29.1 Å². The summed E-state index contributed by atoms with van der Waals surface area (Å²) in [6.07, 6.45) is 2.04. The van der Waals surface area contributed by atoms with Gasteiger partial charge in [0.15, 0.2) is 6.10 Å². The standard InChI is InChI=1S/C29H27N3O4/c1-3-17-35-21-15-13-19(14-16-21)31-28(33)25-26(23-18-30(2)24-12-8-7-11-22(23)24)32(36-27(25)29(31)34)20-9-5-4-6-10-20/h4-16,18,25-27H,3,17H2,1-2H3/t25-,26-,27+/m1/s1. The number of para-hydroxylation sites is 2. The number of amides is 2. The van der Waals surface area contributed by atoms with Crippen molar-refractivity contribution in [2.45, 2.75) is 25.5 Å². The molecule has 0 unspecified atom stereocenters. The maximum atomic E-state index is 13.9. The van der Waals surface area contributed by atoms with Crippen molar-refractivity contribution in [1.82, 2.24) is 4.57 Å². The normalized spacial score (nSPS) is 21.4. The Morgan fingerprint density at radius 3 is 2.33 bits per heavy atom. The Balaban J connectivity index is 1.42. The lowest BCUT2D eigenvalue weighted by Gasteiger charge is -2.28. The number of hydroxylamine groups is 1. The second-order valence-corrected chi connectivity index (χ2v) is 9.22. The van der Waals surface area contributed by atoms with Crippen LogP contribution in [0, 0.1) is 5.92 Å². The highest BCUT2D eigenvalue weighted by Crippen LogP contribution is 2.49. The third kappa shape index (κ3) is 3.46. The maximum Gasteiger partial charge on any atom is 0.266 e. The molecule has 0 bridgehead atoms. The lowest BCUT2D eigenvalue weighted by Crippen LogP contribution is -2.37. The van der Waals surface area contributed by atoms with Crippen LogP contribution in [0.15, 0.2) is 85.1 Å². The van der Waals surface area contributed by atoms with Crippen LogP contribution in [0.1, 0.15) is 24.9 Å². The number of ether oxygens (including phenoxy) is 1. The van der Waals surface area contributed by atoms with Crippen molar-refractivity contribution in [2.75, 3.05) is 16.6 Å². The summed E-state index contributed by atoms with van der Waals surface area (Å²) in [5, 5.41) is 2.78. The molecule has 0 N–H and O–H groups in total. The Labute approximate surface area is 209 Å². The van der Waals surface area contributed by atoms with E-state index in [1.807, 2.05) is 62.6 Å². The molecule has 0 radical (unpaired) electrons. The Morgan fingerprint density at radius 1 is 0.861 bits per heavy atom. The van der Waals surface area contributed by atoms with Crippen LogP contribution < -0.4 is 14.7 Å². The van der Waals surface area contributed by atoms with Crippen molar-refractivity contribution in [3.63, 3.8) is 0 Å². The molecule has 7 nitrogen and oxygen atoms in total. The number of carbonyl (C=O) groups excluding carboxylic acids is 2. The summed E-state index contributed by atoms with van der Waals surface area (Å²) in [5.74, 6) is -0.584. The molecule has 0 aliphatic carbocycles. The summed E-state index contributed by atoms with van der Waals surface area (Å²) < 4.78 is 7.71. The minimum absolute atomic E-state index is 0.261. The fourth-order valence-electron chi connectivity index (χ4n) is 5.30. The first kappa shape index (κ1) is 22.4. The molecule has 4 aromatic rings. The number of fused-ring (bicyclic) bond motifs is 2. The maximum absolute atomic E-state index is 13.9. The number of anilines is 2. The van der Waals surface area contributed by atoms with Crippen molar-refractivity contribution < 1.29 is 19.2 Å². The monoisotopic (exact) mass is 481 g/mol. The predicted molar refractivity (Wildman–Crippen MR) is 138 cm³/mol. The van der Waals surface area contributed by atoms with Gasteiger partial charge in [0, 0.05) is 29.7 Å². The van der Waals surface area contributed by atoms with Gasteiger partial charge >= 0.3 is 0 Å². The number of benzene rings is 3. The van der Waals surface area contributed by atoms with Crippen molar-refractivity contribution >= 4 is 34.1 Å². The Hall–Kier alpha value is -4.10. The van der Waals surface area contributed by atoms with Gasteiger partial charge in [-0.05, 0) is 48.9 Å². The van der Waals surface area contributed by atoms with Gasteiger partial charge in [-0.1, -0.05) is 43.3 Å². The van der Waals surface area contributed by atoms with Crippen molar-refractivity contribution in [3.8, 4) is 5.75 Å². The van der Waals surface area contributed by atoms with Gasteiger partial charge in [0.1, 0.15) is 11.7 Å². The van der Waals surface area contributed by atoms with E-state index < -0.39 is 18.1 Å². The van der Waals surface area contributed by atoms with E-state index in [1.165, 1.54) is 4.90 Å². The number of rotatable bonds is 6. The van der Waals surface area contributed by atoms with Crippen molar-refractivity contribution in [2.24, 2.45) is 13.0 Å². The average Bonchev–Trinajstić information content (AvgIpc) is 3.54. The quantitative estimate of drug-likeness (QED) is 0.362. The van der Waals surface area contributed by atoms with E-state index in [2.05, 4.69) is 16.7 Å². The first-order chi connectivity index (χ1) is 17.6. The average molecular weight is 482 g/mol. The molecule has 36 heavy (non-hydrogen) atoms. The van der Waals surface area contributed by atoms with Crippen LogP contribution in [-0.2, 0) is 21.5 Å². The predicted octanol–water partition coefficient (Wildman–Crippen LogP) is 5.02. The third-order valence-corrected chi connectivity index (χ3v) is 6.94. The van der Waals surface area contributed by atoms with Crippen LogP contribution in [0.2, 0.25) is 0 Å². The molecule has 0 saturated carbocycles. The molecule has 3 atom stereocenters. The van der Waals surface area contributed by atoms with Gasteiger partial charge in [0.25, 0.3) is 5.91 Å². The lowest BCUT2D eigenvalue weighted by atomic mass is 9.90. The molecular formula is C29H27N3O4. The number of carbonyl (C=O) groups is 2. The Kier molecular flexibility index (Phi) is 5.49. The van der Waals surface area contributed by atoms with Crippen LogP contribution in [0.3, 0.4) is 0 Å². The SMILES string of the molecule is CCCOc1ccc(N2C(=O)[C@H]3[C@H](ON(c4ccccc4)[C@@H]3c3cn(C)c4ccccc34)C2=O)cc1. The van der Waals surface area contributed by atoms with Crippen molar-refractivity contribution in [3.05, 3.63) is 90.6 Å². The van der Waals surface area contributed by atoms with Gasteiger partial charge in [0.2, 0.25) is 5.91 Å². The molecule has 6 rings (SSSR count). The van der Waals surface area contributed by atoms with Gasteiger partial charge < -0.3 is 9.30 Å². The second-order valence-electron chi connectivity index (χ2n) is 9.22. The molecule has 0 spiro atoms. The number of aryl methyl sites for hydroxylation is 1. The molecule has 7 heteroatoms. The minimum atomic E-state index is -0.905. The summed E-state index contributed by atoms with van der Waals surface area (Å²) >= 11 is 0. The number of hydrogen-bond acceptors (Lipinski definition) is 5. The van der Waals surface area contributed by atoms with E-state index in [4.69, 9.17) is 9.57 Å². The first-order valence-electron chi connectivity index (χ1n) is 12.2. The van der Waals surface area contributed by atoms with Gasteiger partial charge in [-0.15, -0.1) is 0 Å². The fraction of sp³-hybridized carbons (Fsp3) is 0.241. The number of nitrogens with zero attached hydrogens (tertiary/aromatic N) is 3. The van der Waals surface area contributed by atoms with E-state index in [9.17, 15) is 9.59 Å². The summed E-state index contributed by atoms with van der Waals surface area (Å²) in [6, 6.07) is 24.3. The Bertz CT molecular complexity index is 1430. The number of hydrogen-bond donors (Lipinski definition) is 0. The van der Waals surface area contributed by atoms with Gasteiger partial charge in [-0.25, -0.2) is 9.96 Å². The Morgan fingerprint density at radius 2 is 1.58 bits per heavy atom. The molecule has 2 fully saturated rings. The summed E-state index contributed by atoms with van der Waals surface area (Å²) in [4.78, 5) is 35.1. The molecule has 2 aliphatic rings. The lowest BCUT2D eigenvalue weighted by molar-refractivity contribution is -0.126. The molecule has 1 aromatic heterocycles.